The minimum atomic E-state index is -0.519. The SMILES string of the molecule is CCCN(CCC)C(=O)c1ccc(NC(=O)c2c[nH]c3c(cnn3C)c2=O)cc1. The number of benzene rings is 1. The van der Waals surface area contributed by atoms with Crippen LogP contribution in [0.25, 0.3) is 11.0 Å². The van der Waals surface area contributed by atoms with Crippen molar-refractivity contribution in [2.24, 2.45) is 7.05 Å². The molecule has 0 aliphatic carbocycles. The van der Waals surface area contributed by atoms with E-state index in [4.69, 9.17) is 0 Å². The van der Waals surface area contributed by atoms with Gasteiger partial charge in [-0.15, -0.1) is 0 Å². The number of nitrogens with one attached hydrogen (secondary N) is 2. The van der Waals surface area contributed by atoms with Crippen LogP contribution in [0.15, 0.2) is 41.5 Å². The first kappa shape index (κ1) is 20.3. The van der Waals surface area contributed by atoms with Gasteiger partial charge in [-0.05, 0) is 37.1 Å². The minimum Gasteiger partial charge on any atom is -0.345 e. The van der Waals surface area contributed by atoms with Crippen molar-refractivity contribution in [2.75, 3.05) is 18.4 Å². The lowest BCUT2D eigenvalue weighted by molar-refractivity contribution is 0.0755. The summed E-state index contributed by atoms with van der Waals surface area (Å²) in [6.07, 6.45) is 4.61. The maximum atomic E-state index is 12.6. The summed E-state index contributed by atoms with van der Waals surface area (Å²) in [5.41, 5.74) is 1.25. The fourth-order valence-corrected chi connectivity index (χ4v) is 3.23. The second-order valence-electron chi connectivity index (χ2n) is 6.89. The van der Waals surface area contributed by atoms with Gasteiger partial charge in [-0.1, -0.05) is 13.8 Å². The molecule has 0 aliphatic heterocycles. The number of carbonyl (C=O) groups excluding carboxylic acids is 2. The van der Waals surface area contributed by atoms with Gasteiger partial charge in [-0.25, -0.2) is 0 Å². The quantitative estimate of drug-likeness (QED) is 0.642. The van der Waals surface area contributed by atoms with Gasteiger partial charge in [0.25, 0.3) is 11.8 Å². The normalized spacial score (nSPS) is 10.9. The Bertz CT molecular complexity index is 1080. The molecule has 1 aromatic carbocycles. The lowest BCUT2D eigenvalue weighted by Gasteiger charge is -2.21. The van der Waals surface area contributed by atoms with Crippen LogP contribution >= 0.6 is 0 Å². The van der Waals surface area contributed by atoms with Crippen molar-refractivity contribution in [3.63, 3.8) is 0 Å². The Morgan fingerprint density at radius 1 is 1.14 bits per heavy atom. The molecular formula is C21H25N5O3. The van der Waals surface area contributed by atoms with E-state index in [0.717, 1.165) is 12.8 Å². The van der Waals surface area contributed by atoms with Crippen molar-refractivity contribution in [1.82, 2.24) is 19.7 Å². The van der Waals surface area contributed by atoms with E-state index in [9.17, 15) is 14.4 Å². The Hall–Kier alpha value is -3.42. The maximum Gasteiger partial charge on any atom is 0.261 e. The number of fused-ring (bicyclic) bond motifs is 1. The van der Waals surface area contributed by atoms with E-state index in [1.807, 2.05) is 18.7 Å². The zero-order chi connectivity index (χ0) is 21.0. The lowest BCUT2D eigenvalue weighted by atomic mass is 10.1. The topological polar surface area (TPSA) is 100 Å². The predicted octanol–water partition coefficient (Wildman–Crippen LogP) is 2.78. The second-order valence-corrected chi connectivity index (χ2v) is 6.89. The van der Waals surface area contributed by atoms with Gasteiger partial charge in [0, 0.05) is 37.6 Å². The molecule has 0 bridgehead atoms. The van der Waals surface area contributed by atoms with Crippen LogP contribution < -0.4 is 10.7 Å². The van der Waals surface area contributed by atoms with E-state index < -0.39 is 5.91 Å². The molecule has 2 amide bonds. The van der Waals surface area contributed by atoms with Gasteiger partial charge in [0.05, 0.1) is 11.6 Å². The Morgan fingerprint density at radius 2 is 1.79 bits per heavy atom. The first-order chi connectivity index (χ1) is 14.0. The molecule has 3 aromatic rings. The Labute approximate surface area is 168 Å². The highest BCUT2D eigenvalue weighted by atomic mass is 16.2. The van der Waals surface area contributed by atoms with Crippen molar-refractivity contribution >= 4 is 28.5 Å². The van der Waals surface area contributed by atoms with Gasteiger partial charge < -0.3 is 15.2 Å². The minimum absolute atomic E-state index is 0.00252. The number of H-pyrrole nitrogens is 1. The number of aromatic amines is 1. The van der Waals surface area contributed by atoms with Crippen molar-refractivity contribution in [1.29, 1.82) is 0 Å². The van der Waals surface area contributed by atoms with Crippen LogP contribution in [0, 0.1) is 0 Å². The Kier molecular flexibility index (Phi) is 6.11. The molecule has 8 nitrogen and oxygen atoms in total. The Morgan fingerprint density at radius 3 is 2.41 bits per heavy atom. The number of hydrogen-bond acceptors (Lipinski definition) is 4. The third-order valence-corrected chi connectivity index (χ3v) is 4.69. The first-order valence-corrected chi connectivity index (χ1v) is 9.70. The molecule has 152 valence electrons. The highest BCUT2D eigenvalue weighted by Crippen LogP contribution is 2.14. The highest BCUT2D eigenvalue weighted by Gasteiger charge is 2.17. The summed E-state index contributed by atoms with van der Waals surface area (Å²) in [6.45, 7) is 5.51. The molecule has 29 heavy (non-hydrogen) atoms. The molecule has 0 saturated heterocycles. The van der Waals surface area contributed by atoms with E-state index in [0.29, 0.717) is 35.4 Å². The lowest BCUT2D eigenvalue weighted by Crippen LogP contribution is -2.32. The van der Waals surface area contributed by atoms with Gasteiger partial charge in [0.1, 0.15) is 11.2 Å². The summed E-state index contributed by atoms with van der Waals surface area (Å²) < 4.78 is 1.54. The van der Waals surface area contributed by atoms with Crippen LogP contribution in [-0.2, 0) is 7.05 Å². The summed E-state index contributed by atoms with van der Waals surface area (Å²) in [4.78, 5) is 42.5. The van der Waals surface area contributed by atoms with Crippen LogP contribution in [0.4, 0.5) is 5.69 Å². The van der Waals surface area contributed by atoms with Crippen LogP contribution in [0.1, 0.15) is 47.4 Å². The number of aromatic nitrogens is 3. The zero-order valence-electron chi connectivity index (χ0n) is 16.9. The molecule has 0 radical (unpaired) electrons. The molecular weight excluding hydrogens is 370 g/mol. The summed E-state index contributed by atoms with van der Waals surface area (Å²) in [5, 5.41) is 7.09. The molecule has 8 heteroatoms. The van der Waals surface area contributed by atoms with Gasteiger partial charge in [0.2, 0.25) is 5.43 Å². The molecule has 0 saturated carbocycles. The van der Waals surface area contributed by atoms with Crippen LogP contribution in [-0.4, -0.2) is 44.6 Å². The standard InChI is InChI=1S/C21H25N5O3/c1-4-10-26(11-5-2)21(29)14-6-8-15(9-7-14)24-20(28)17-12-22-19-16(18(17)27)13-23-25(19)3/h6-9,12-13H,4-5,10-11H2,1-3H3,(H,22,27)(H,24,28). The van der Waals surface area contributed by atoms with Crippen molar-refractivity contribution in [3.05, 3.63) is 58.0 Å². The number of aryl methyl sites for hydroxylation is 1. The van der Waals surface area contributed by atoms with Gasteiger partial charge in [-0.3, -0.25) is 19.1 Å². The average Bonchev–Trinajstić information content (AvgIpc) is 3.10. The van der Waals surface area contributed by atoms with Gasteiger partial charge in [0.15, 0.2) is 0 Å². The monoisotopic (exact) mass is 395 g/mol. The molecule has 0 spiro atoms. The van der Waals surface area contributed by atoms with E-state index in [2.05, 4.69) is 15.4 Å². The summed E-state index contributed by atoms with van der Waals surface area (Å²) in [5.74, 6) is -0.542. The van der Waals surface area contributed by atoms with Gasteiger partial charge in [-0.2, -0.15) is 5.10 Å². The third-order valence-electron chi connectivity index (χ3n) is 4.69. The van der Waals surface area contributed by atoms with Crippen molar-refractivity contribution < 1.29 is 9.59 Å². The molecule has 0 aliphatic rings. The third kappa shape index (κ3) is 4.21. The summed E-state index contributed by atoms with van der Waals surface area (Å²) >= 11 is 0. The number of rotatable bonds is 7. The van der Waals surface area contributed by atoms with Crippen molar-refractivity contribution in [2.45, 2.75) is 26.7 Å². The van der Waals surface area contributed by atoms with Gasteiger partial charge >= 0.3 is 0 Å². The predicted molar refractivity (Wildman–Crippen MR) is 112 cm³/mol. The largest absolute Gasteiger partial charge is 0.345 e. The summed E-state index contributed by atoms with van der Waals surface area (Å²) in [7, 11) is 1.71. The molecule has 0 fully saturated rings. The Balaban J connectivity index is 1.76. The number of amides is 2. The zero-order valence-corrected chi connectivity index (χ0v) is 16.9. The van der Waals surface area contributed by atoms with E-state index in [-0.39, 0.29) is 16.9 Å². The van der Waals surface area contributed by atoms with Crippen molar-refractivity contribution in [3.8, 4) is 0 Å². The van der Waals surface area contributed by atoms with E-state index in [1.54, 1.807) is 31.3 Å². The number of anilines is 1. The number of carbonyl (C=O) groups is 2. The molecule has 3 rings (SSSR count). The van der Waals surface area contributed by atoms with E-state index >= 15 is 0 Å². The number of pyridine rings is 1. The fraction of sp³-hybridized carbons (Fsp3) is 0.333. The van der Waals surface area contributed by atoms with Crippen LogP contribution in [0.2, 0.25) is 0 Å². The fourth-order valence-electron chi connectivity index (χ4n) is 3.23. The van der Waals surface area contributed by atoms with Crippen LogP contribution in [0.3, 0.4) is 0 Å². The molecule has 0 unspecified atom stereocenters. The smallest absolute Gasteiger partial charge is 0.261 e. The molecule has 2 heterocycles. The number of hydrogen-bond donors (Lipinski definition) is 2. The van der Waals surface area contributed by atoms with Crippen LogP contribution in [0.5, 0.6) is 0 Å². The molecule has 2 aromatic heterocycles. The number of nitrogens with zero attached hydrogens (tertiary/aromatic N) is 3. The molecule has 2 N–H and O–H groups in total. The summed E-state index contributed by atoms with van der Waals surface area (Å²) in [6, 6.07) is 6.70. The van der Waals surface area contributed by atoms with E-state index in [1.165, 1.54) is 17.1 Å². The molecule has 0 atom stereocenters. The highest BCUT2D eigenvalue weighted by molar-refractivity contribution is 6.05. The first-order valence-electron chi connectivity index (χ1n) is 9.70. The average molecular weight is 395 g/mol. The second kappa shape index (κ2) is 8.72. The maximum absolute atomic E-state index is 12.6.